The molecule has 0 aliphatic carbocycles. The van der Waals surface area contributed by atoms with Crippen LogP contribution in [0.3, 0.4) is 0 Å². The molecule has 6 heteroatoms. The maximum Gasteiger partial charge on any atom is 0.164 e. The van der Waals surface area contributed by atoms with Crippen LogP contribution in [-0.2, 0) is 32.2 Å². The van der Waals surface area contributed by atoms with Crippen molar-refractivity contribution in [3.05, 3.63) is 71.8 Å². The lowest BCUT2D eigenvalue weighted by atomic mass is 10.0. The maximum absolute atomic E-state index is 6.53. The van der Waals surface area contributed by atoms with Gasteiger partial charge < -0.3 is 18.9 Å². The Morgan fingerprint density at radius 3 is 1.94 bits per heavy atom. The summed E-state index contributed by atoms with van der Waals surface area (Å²) < 4.78 is 25.9. The van der Waals surface area contributed by atoms with E-state index in [4.69, 9.17) is 18.9 Å². The first-order chi connectivity index (χ1) is 15.0. The van der Waals surface area contributed by atoms with Crippen molar-refractivity contribution in [1.82, 2.24) is 0 Å². The topological polar surface area (TPSA) is 36.9 Å². The minimum absolute atomic E-state index is 0.0766. The molecule has 2 fully saturated rings. The van der Waals surface area contributed by atoms with E-state index in [0.29, 0.717) is 17.8 Å². The van der Waals surface area contributed by atoms with Gasteiger partial charge in [0.15, 0.2) is 5.79 Å². The molecule has 2 aromatic rings. The van der Waals surface area contributed by atoms with Crippen molar-refractivity contribution in [1.29, 1.82) is 0 Å². The van der Waals surface area contributed by atoms with E-state index in [1.165, 1.54) is 5.56 Å². The molecule has 2 aliphatic rings. The van der Waals surface area contributed by atoms with E-state index in [2.05, 4.69) is 31.2 Å². The fourth-order valence-electron chi connectivity index (χ4n) is 3.99. The van der Waals surface area contributed by atoms with Crippen LogP contribution in [-0.4, -0.2) is 46.3 Å². The van der Waals surface area contributed by atoms with Gasteiger partial charge in [0, 0.05) is 11.5 Å². The minimum Gasteiger partial charge on any atom is -0.371 e. The molecule has 31 heavy (non-hydrogen) atoms. The smallest absolute Gasteiger partial charge is 0.164 e. The quantitative estimate of drug-likeness (QED) is 0.492. The number of rotatable bonds is 9. The van der Waals surface area contributed by atoms with E-state index in [0.717, 1.165) is 17.1 Å². The Kier molecular flexibility index (Phi) is 8.01. The van der Waals surface area contributed by atoms with Crippen molar-refractivity contribution in [3.8, 4) is 0 Å². The summed E-state index contributed by atoms with van der Waals surface area (Å²) >= 11 is 3.92. The van der Waals surface area contributed by atoms with Crippen molar-refractivity contribution in [2.24, 2.45) is 0 Å². The van der Waals surface area contributed by atoms with Gasteiger partial charge in [0.05, 0.1) is 23.9 Å². The third kappa shape index (κ3) is 6.28. The summed E-state index contributed by atoms with van der Waals surface area (Å²) in [6, 6.07) is 20.6. The molecule has 4 atom stereocenters. The predicted molar refractivity (Wildman–Crippen MR) is 128 cm³/mol. The van der Waals surface area contributed by atoms with Crippen molar-refractivity contribution in [2.75, 3.05) is 11.5 Å². The normalized spacial score (nSPS) is 25.5. The summed E-state index contributed by atoms with van der Waals surface area (Å²) in [6.07, 6.45) is -0.577. The number of thioether (sulfide) groups is 2. The molecule has 0 aromatic heterocycles. The third-order valence-corrected chi connectivity index (χ3v) is 8.65. The van der Waals surface area contributed by atoms with Crippen molar-refractivity contribution < 1.29 is 18.9 Å². The molecule has 4 nitrogen and oxygen atoms in total. The molecule has 4 rings (SSSR count). The number of hydrogen-bond acceptors (Lipinski definition) is 6. The largest absolute Gasteiger partial charge is 0.371 e. The second-order valence-electron chi connectivity index (χ2n) is 8.44. The van der Waals surface area contributed by atoms with Gasteiger partial charge in [-0.1, -0.05) is 60.7 Å². The monoisotopic (exact) mass is 460 g/mol. The molecule has 0 unspecified atom stereocenters. The molecule has 0 spiro atoms. The van der Waals surface area contributed by atoms with Crippen molar-refractivity contribution >= 4 is 23.5 Å². The van der Waals surface area contributed by atoms with Gasteiger partial charge in [-0.05, 0) is 31.9 Å². The average Bonchev–Trinajstić information content (AvgIpc) is 3.42. The second kappa shape index (κ2) is 10.7. The zero-order chi connectivity index (χ0) is 21.7. The van der Waals surface area contributed by atoms with E-state index < -0.39 is 5.79 Å². The Balaban J connectivity index is 1.48. The Morgan fingerprint density at radius 2 is 1.35 bits per heavy atom. The summed E-state index contributed by atoms with van der Waals surface area (Å²) in [5.41, 5.74) is 2.33. The number of ether oxygens (including phenoxy) is 4. The molecule has 2 aromatic carbocycles. The summed E-state index contributed by atoms with van der Waals surface area (Å²) in [7, 11) is 0. The first-order valence-corrected chi connectivity index (χ1v) is 13.0. The average molecular weight is 461 g/mol. The van der Waals surface area contributed by atoms with Crippen molar-refractivity contribution in [3.63, 3.8) is 0 Å². The van der Waals surface area contributed by atoms with Crippen LogP contribution in [0.4, 0.5) is 0 Å². The predicted octanol–water partition coefficient (Wildman–Crippen LogP) is 5.50. The lowest BCUT2D eigenvalue weighted by Crippen LogP contribution is -2.46. The van der Waals surface area contributed by atoms with Gasteiger partial charge in [-0.2, -0.15) is 0 Å². The summed E-state index contributed by atoms with van der Waals surface area (Å²) in [6.45, 7) is 7.15. The molecule has 2 aliphatic heterocycles. The summed E-state index contributed by atoms with van der Waals surface area (Å²) in [4.78, 5) is 0. The molecule has 2 saturated heterocycles. The maximum atomic E-state index is 6.53. The third-order valence-electron chi connectivity index (χ3n) is 5.51. The number of benzene rings is 2. The second-order valence-corrected chi connectivity index (χ2v) is 11.2. The van der Waals surface area contributed by atoms with Gasteiger partial charge in [0.2, 0.25) is 0 Å². The van der Waals surface area contributed by atoms with Gasteiger partial charge in [-0.3, -0.25) is 0 Å². The van der Waals surface area contributed by atoms with Gasteiger partial charge in [-0.15, -0.1) is 23.5 Å². The zero-order valence-corrected chi connectivity index (χ0v) is 20.1. The molecule has 0 bridgehead atoms. The van der Waals surface area contributed by atoms with Crippen LogP contribution in [0.15, 0.2) is 60.7 Å². The van der Waals surface area contributed by atoms with Gasteiger partial charge in [-0.25, -0.2) is 0 Å². The van der Waals surface area contributed by atoms with Crippen molar-refractivity contribution in [2.45, 2.75) is 68.8 Å². The van der Waals surface area contributed by atoms with Crippen LogP contribution in [0.2, 0.25) is 0 Å². The van der Waals surface area contributed by atoms with E-state index in [1.54, 1.807) is 0 Å². The molecule has 0 amide bonds. The minimum atomic E-state index is -0.665. The molecule has 2 heterocycles. The zero-order valence-electron chi connectivity index (χ0n) is 18.4. The van der Waals surface area contributed by atoms with Gasteiger partial charge >= 0.3 is 0 Å². The van der Waals surface area contributed by atoms with Crippen LogP contribution in [0.1, 0.15) is 31.9 Å². The molecule has 168 valence electrons. The van der Waals surface area contributed by atoms with Crippen LogP contribution >= 0.6 is 23.5 Å². The van der Waals surface area contributed by atoms with Crippen LogP contribution in [0, 0.1) is 0 Å². The first-order valence-electron chi connectivity index (χ1n) is 10.9. The van der Waals surface area contributed by atoms with Gasteiger partial charge in [0.25, 0.3) is 0 Å². The molecule has 0 N–H and O–H groups in total. The highest BCUT2D eigenvalue weighted by molar-refractivity contribution is 8.20. The van der Waals surface area contributed by atoms with Crippen LogP contribution < -0.4 is 0 Å². The van der Waals surface area contributed by atoms with Gasteiger partial charge in [0.1, 0.15) is 18.3 Å². The fourth-order valence-corrected chi connectivity index (χ4v) is 7.04. The Labute approximate surface area is 194 Å². The highest BCUT2D eigenvalue weighted by Crippen LogP contribution is 2.42. The Bertz CT molecular complexity index is 796. The Morgan fingerprint density at radius 1 is 0.839 bits per heavy atom. The van der Waals surface area contributed by atoms with E-state index in [1.807, 2.05) is 73.8 Å². The van der Waals surface area contributed by atoms with Crippen LogP contribution in [0.5, 0.6) is 0 Å². The summed E-state index contributed by atoms with van der Waals surface area (Å²) in [5.74, 6) is 1.62. The molecule has 0 saturated carbocycles. The van der Waals surface area contributed by atoms with Crippen LogP contribution in [0.25, 0.3) is 0 Å². The lowest BCUT2D eigenvalue weighted by molar-refractivity contribution is -0.165. The highest BCUT2D eigenvalue weighted by Gasteiger charge is 2.51. The van der Waals surface area contributed by atoms with E-state index >= 15 is 0 Å². The molecule has 0 radical (unpaired) electrons. The first kappa shape index (κ1) is 23.1. The molecular formula is C25H32O4S2. The Hall–Kier alpha value is -1.02. The van der Waals surface area contributed by atoms with E-state index in [-0.39, 0.29) is 24.4 Å². The lowest BCUT2D eigenvalue weighted by Gasteiger charge is -2.32. The fraction of sp³-hybridized carbons (Fsp3) is 0.520. The molecular weight excluding hydrogens is 428 g/mol. The standard InChI is InChI=1S/C25H32O4S2/c1-18(26-16-19-10-6-4-7-11-19)21-22(29-25(2,3)28-21)23(24-30-14-15-31-24)27-17-20-12-8-5-9-13-20/h4-13,18,21-24H,14-17H2,1-3H3/t18-,21-,22+,23+/m0/s1. The van der Waals surface area contributed by atoms with E-state index in [9.17, 15) is 0 Å². The summed E-state index contributed by atoms with van der Waals surface area (Å²) in [5, 5.41) is 0. The SMILES string of the molecule is C[C@H](OCc1ccccc1)[C@@H]1OC(C)(C)O[C@H]1[C@@H](OCc1ccccc1)C1SCCS1. The highest BCUT2D eigenvalue weighted by atomic mass is 32.2. The number of hydrogen-bond donors (Lipinski definition) is 0.